The van der Waals surface area contributed by atoms with E-state index < -0.39 is 127 Å². The number of H-pyrrole nitrogens is 1. The molecule has 0 bridgehead atoms. The largest absolute Gasteiger partial charge is 0.481 e. The fourth-order valence-electron chi connectivity index (χ4n) is 6.64. The van der Waals surface area contributed by atoms with Gasteiger partial charge in [-0.2, -0.15) is 11.8 Å². The number of imidazole rings is 1. The van der Waals surface area contributed by atoms with Crippen LogP contribution in [0.1, 0.15) is 90.7 Å². The van der Waals surface area contributed by atoms with Crippen LogP contribution in [0.25, 0.3) is 0 Å². The summed E-state index contributed by atoms with van der Waals surface area (Å²) in [4.78, 5) is 153. The third kappa shape index (κ3) is 26.5. The molecule has 28 nitrogen and oxygen atoms in total. The second-order valence-corrected chi connectivity index (χ2v) is 17.7. The predicted octanol–water partition coefficient (Wildman–Crippen LogP) is -4.71. The molecule has 71 heavy (non-hydrogen) atoms. The first-order chi connectivity index (χ1) is 33.5. The fourth-order valence-corrected chi connectivity index (χ4v) is 7.11. The number of thioether (sulfide) groups is 1. The maximum Gasteiger partial charge on any atom is 0.326 e. The Balaban J connectivity index is 3.32. The van der Waals surface area contributed by atoms with Crippen LogP contribution in [0.3, 0.4) is 0 Å². The van der Waals surface area contributed by atoms with Crippen molar-refractivity contribution in [2.24, 2.45) is 33.8 Å². The van der Waals surface area contributed by atoms with Gasteiger partial charge < -0.3 is 80.7 Å². The van der Waals surface area contributed by atoms with Crippen LogP contribution in [-0.4, -0.2) is 165 Å². The number of nitrogens with zero attached hydrogens (tertiary/aromatic N) is 2. The highest BCUT2D eigenvalue weighted by molar-refractivity contribution is 7.98. The number of unbranched alkanes of at least 4 members (excludes halogenated alkanes) is 1. The summed E-state index contributed by atoms with van der Waals surface area (Å²) >= 11 is 1.27. The van der Waals surface area contributed by atoms with E-state index in [-0.39, 0.29) is 75.7 Å². The number of amides is 9. The molecule has 29 heteroatoms. The zero-order valence-corrected chi connectivity index (χ0v) is 41.2. The number of carbonyl (C=O) groups excluding carboxylic acids is 9. The SMILES string of the molecule is CSCC[C@H](NC(=O)[C@H](CC(=O)O)NC(=O)[C@H](CCCCN)NC(=O)[C@H](Cc1cnc[nH]1)NC(C)=O)C(=O)N[C@@H](CCC(N)=O)C(=O)N[C@@H](CC(C)C)C(=O)NCC(=O)N[C@@H](CCCN=C(N)N)C(=O)O. The summed E-state index contributed by atoms with van der Waals surface area (Å²) in [5, 5.41) is 38.8. The summed E-state index contributed by atoms with van der Waals surface area (Å²) in [7, 11) is 0. The van der Waals surface area contributed by atoms with Crippen molar-refractivity contribution in [3.63, 3.8) is 0 Å². The van der Waals surface area contributed by atoms with E-state index in [0.717, 1.165) is 0 Å². The van der Waals surface area contributed by atoms with Gasteiger partial charge >= 0.3 is 11.9 Å². The van der Waals surface area contributed by atoms with E-state index in [1.165, 1.54) is 31.2 Å². The summed E-state index contributed by atoms with van der Waals surface area (Å²) < 4.78 is 0. The van der Waals surface area contributed by atoms with Crippen LogP contribution in [0.4, 0.5) is 0 Å². The Labute approximate surface area is 414 Å². The van der Waals surface area contributed by atoms with Crippen molar-refractivity contribution in [1.82, 2.24) is 52.5 Å². The maximum absolute atomic E-state index is 14.0. The van der Waals surface area contributed by atoms with Crippen molar-refractivity contribution in [1.29, 1.82) is 0 Å². The Kier molecular flexibility index (Phi) is 29.2. The number of carboxylic acid groups (broad SMARTS) is 2. The van der Waals surface area contributed by atoms with Crippen LogP contribution in [0.2, 0.25) is 0 Å². The molecule has 9 amide bonds. The topological polar surface area (TPSA) is 470 Å². The van der Waals surface area contributed by atoms with E-state index in [9.17, 15) is 63.0 Å². The maximum atomic E-state index is 14.0. The summed E-state index contributed by atoms with van der Waals surface area (Å²) in [5.74, 6) is -10.9. The number of carbonyl (C=O) groups is 11. The van der Waals surface area contributed by atoms with Crippen molar-refractivity contribution in [2.45, 2.75) is 134 Å². The predicted molar refractivity (Wildman–Crippen MR) is 258 cm³/mol. The van der Waals surface area contributed by atoms with Crippen molar-refractivity contribution in [2.75, 3.05) is 31.6 Å². The second-order valence-electron chi connectivity index (χ2n) is 16.8. The summed E-state index contributed by atoms with van der Waals surface area (Å²) in [6.45, 7) is 4.32. The van der Waals surface area contributed by atoms with Gasteiger partial charge in [-0.3, -0.25) is 52.9 Å². The highest BCUT2D eigenvalue weighted by atomic mass is 32.2. The van der Waals surface area contributed by atoms with Gasteiger partial charge in [0.2, 0.25) is 53.2 Å². The van der Waals surface area contributed by atoms with E-state index >= 15 is 0 Å². The molecule has 1 rings (SSSR count). The normalized spacial score (nSPS) is 13.8. The Morgan fingerprint density at radius 2 is 1.24 bits per heavy atom. The number of rotatable bonds is 36. The van der Waals surface area contributed by atoms with Gasteiger partial charge in [-0.05, 0) is 75.8 Å². The Bertz CT molecular complexity index is 1990. The molecule has 19 N–H and O–H groups in total. The quantitative estimate of drug-likeness (QED) is 0.0171. The van der Waals surface area contributed by atoms with E-state index in [2.05, 4.69) is 57.5 Å². The van der Waals surface area contributed by atoms with Gasteiger partial charge in [0.25, 0.3) is 0 Å². The summed E-state index contributed by atoms with van der Waals surface area (Å²) in [6, 6.07) is -10.0. The highest BCUT2D eigenvalue weighted by Crippen LogP contribution is 2.11. The number of aromatic amines is 1. The Morgan fingerprint density at radius 3 is 1.75 bits per heavy atom. The smallest absolute Gasteiger partial charge is 0.326 e. The zero-order chi connectivity index (χ0) is 53.6. The monoisotopic (exact) mass is 1030 g/mol. The van der Waals surface area contributed by atoms with Crippen LogP contribution < -0.4 is 65.5 Å². The van der Waals surface area contributed by atoms with Crippen molar-refractivity contribution >= 4 is 82.8 Å². The van der Waals surface area contributed by atoms with Gasteiger partial charge in [0.05, 0.1) is 19.3 Å². The molecule has 398 valence electrons. The molecule has 0 aromatic carbocycles. The molecular formula is C42H71N15O13S. The van der Waals surface area contributed by atoms with E-state index in [4.69, 9.17) is 22.9 Å². The van der Waals surface area contributed by atoms with Crippen LogP contribution in [-0.2, 0) is 59.2 Å². The lowest BCUT2D eigenvalue weighted by Crippen LogP contribution is -2.60. The first-order valence-corrected chi connectivity index (χ1v) is 24.2. The number of hydrogen-bond donors (Lipinski definition) is 15. The molecule has 0 aliphatic carbocycles. The van der Waals surface area contributed by atoms with Crippen molar-refractivity contribution < 1.29 is 63.0 Å². The van der Waals surface area contributed by atoms with Gasteiger partial charge in [-0.1, -0.05) is 13.8 Å². The first-order valence-electron chi connectivity index (χ1n) is 22.8. The third-order valence-electron chi connectivity index (χ3n) is 10.2. The number of aliphatic imine (C=N–C) groups is 1. The van der Waals surface area contributed by atoms with Gasteiger partial charge in [-0.15, -0.1) is 0 Å². The minimum absolute atomic E-state index is 0.00752. The minimum atomic E-state index is -1.81. The molecule has 0 radical (unpaired) electrons. The van der Waals surface area contributed by atoms with E-state index in [1.807, 2.05) is 0 Å². The summed E-state index contributed by atoms with van der Waals surface area (Å²) in [6.07, 6.45) is 3.53. The second kappa shape index (κ2) is 33.5. The van der Waals surface area contributed by atoms with E-state index in [1.54, 1.807) is 20.1 Å². The highest BCUT2D eigenvalue weighted by Gasteiger charge is 2.35. The Hall–Kier alpha value is -7.04. The molecule has 0 spiro atoms. The number of carboxylic acids is 2. The third-order valence-corrected chi connectivity index (χ3v) is 10.8. The molecule has 1 aromatic heterocycles. The molecule has 1 heterocycles. The van der Waals surface area contributed by atoms with Crippen LogP contribution in [0, 0.1) is 5.92 Å². The van der Waals surface area contributed by atoms with Crippen LogP contribution in [0.15, 0.2) is 17.5 Å². The van der Waals surface area contributed by atoms with Gasteiger partial charge in [0.1, 0.15) is 42.3 Å². The Morgan fingerprint density at radius 1 is 0.690 bits per heavy atom. The molecule has 1 aromatic rings. The molecule has 0 saturated heterocycles. The fraction of sp³-hybridized carbons (Fsp3) is 0.643. The zero-order valence-electron chi connectivity index (χ0n) is 40.4. The van der Waals surface area contributed by atoms with E-state index in [0.29, 0.717) is 18.5 Å². The number of aromatic nitrogens is 2. The van der Waals surface area contributed by atoms with Gasteiger partial charge in [-0.25, -0.2) is 9.78 Å². The summed E-state index contributed by atoms with van der Waals surface area (Å²) in [5.41, 5.74) is 22.1. The van der Waals surface area contributed by atoms with Gasteiger partial charge in [0, 0.05) is 38.2 Å². The molecular weight excluding hydrogens is 955 g/mol. The number of aliphatic carboxylic acids is 2. The molecule has 0 aliphatic heterocycles. The van der Waals surface area contributed by atoms with Crippen LogP contribution in [0.5, 0.6) is 0 Å². The average molecular weight is 1030 g/mol. The van der Waals surface area contributed by atoms with Crippen molar-refractivity contribution in [3.05, 3.63) is 18.2 Å². The molecule has 0 saturated carbocycles. The average Bonchev–Trinajstić information content (AvgIpc) is 3.80. The standard InChI is InChI=1S/C42H71N15O13S/c1-22(2)16-29(35(63)49-20-33(60)52-28(41(69)70)9-7-14-48-42(45)46)56-37(65)26(10-11-32(44)59)54-38(66)27(12-15-71-4)55-40(68)31(18-34(61)62)57-36(64)25(8-5-6-13-43)53-39(67)30(51-23(3)58)17-24-19-47-21-50-24/h19,21-22,25-31H,5-18,20,43H2,1-4H3,(H2,44,59)(H,47,50)(H,49,63)(H,51,58)(H,52,60)(H,53,67)(H,54,66)(H,55,68)(H,56,65)(H,57,64)(H,61,62)(H,69,70)(H4,45,46,48)/t25-,26-,27-,28-,29-,30-,31-/m0/s1. The first kappa shape index (κ1) is 62.0. The molecule has 0 aliphatic rings. The lowest BCUT2D eigenvalue weighted by Gasteiger charge is -2.27. The van der Waals surface area contributed by atoms with Gasteiger partial charge in [0.15, 0.2) is 5.96 Å². The molecule has 7 atom stereocenters. The molecule has 0 fully saturated rings. The number of nitrogens with two attached hydrogens (primary N) is 4. The lowest BCUT2D eigenvalue weighted by molar-refractivity contribution is -0.142. The van der Waals surface area contributed by atoms with Crippen molar-refractivity contribution in [3.8, 4) is 0 Å². The number of guanidine groups is 1. The lowest BCUT2D eigenvalue weighted by atomic mass is 10.0. The number of hydrogen-bond acceptors (Lipinski definition) is 15. The minimum Gasteiger partial charge on any atom is -0.481 e. The molecule has 0 unspecified atom stereocenters. The number of nitrogens with one attached hydrogen (secondary N) is 9. The van der Waals surface area contributed by atoms with Crippen LogP contribution >= 0.6 is 11.8 Å². The number of primary amides is 1.